The molecule has 0 atom stereocenters. The Labute approximate surface area is 94.0 Å². The predicted molar refractivity (Wildman–Crippen MR) is 53.9 cm³/mol. The monoisotopic (exact) mass is 242 g/mol. The molecule has 1 aromatic rings. The van der Waals surface area contributed by atoms with Gasteiger partial charge in [0.15, 0.2) is 0 Å². The van der Waals surface area contributed by atoms with E-state index in [4.69, 9.17) is 5.11 Å². The SMILES string of the molecule is O=C(O)CC(=O)Nc1cc(F)cc([N+](=O)[O-])c1. The molecule has 0 heterocycles. The zero-order valence-corrected chi connectivity index (χ0v) is 8.34. The number of anilines is 1. The lowest BCUT2D eigenvalue weighted by Gasteiger charge is -2.03. The number of nitrogens with one attached hydrogen (secondary N) is 1. The van der Waals surface area contributed by atoms with E-state index < -0.39 is 34.7 Å². The van der Waals surface area contributed by atoms with Gasteiger partial charge in [-0.05, 0) is 6.07 Å². The summed E-state index contributed by atoms with van der Waals surface area (Å²) in [7, 11) is 0. The van der Waals surface area contributed by atoms with E-state index in [1.54, 1.807) is 0 Å². The third-order valence-electron chi connectivity index (χ3n) is 1.69. The van der Waals surface area contributed by atoms with Crippen LogP contribution in [0, 0.1) is 15.9 Å². The number of aliphatic carboxylic acids is 1. The number of rotatable bonds is 4. The number of amides is 1. The highest BCUT2D eigenvalue weighted by atomic mass is 19.1. The number of carboxylic acids is 1. The molecule has 0 aliphatic heterocycles. The van der Waals surface area contributed by atoms with Crippen LogP contribution in [0.2, 0.25) is 0 Å². The van der Waals surface area contributed by atoms with Gasteiger partial charge in [0, 0.05) is 6.07 Å². The van der Waals surface area contributed by atoms with Crippen molar-refractivity contribution in [2.24, 2.45) is 0 Å². The molecule has 2 N–H and O–H groups in total. The van der Waals surface area contributed by atoms with E-state index in [1.807, 2.05) is 5.32 Å². The minimum Gasteiger partial charge on any atom is -0.481 e. The Morgan fingerprint density at radius 2 is 2.06 bits per heavy atom. The van der Waals surface area contributed by atoms with Crippen molar-refractivity contribution < 1.29 is 24.0 Å². The van der Waals surface area contributed by atoms with Gasteiger partial charge in [-0.2, -0.15) is 0 Å². The molecule has 0 aliphatic rings. The van der Waals surface area contributed by atoms with Crippen LogP contribution in [-0.4, -0.2) is 21.9 Å². The molecule has 0 spiro atoms. The van der Waals surface area contributed by atoms with Crippen LogP contribution in [0.15, 0.2) is 18.2 Å². The van der Waals surface area contributed by atoms with Crippen LogP contribution < -0.4 is 5.32 Å². The van der Waals surface area contributed by atoms with Gasteiger partial charge in [0.2, 0.25) is 5.91 Å². The van der Waals surface area contributed by atoms with Gasteiger partial charge in [-0.25, -0.2) is 4.39 Å². The van der Waals surface area contributed by atoms with E-state index in [1.165, 1.54) is 0 Å². The number of hydrogen-bond donors (Lipinski definition) is 2. The van der Waals surface area contributed by atoms with Crippen LogP contribution >= 0.6 is 0 Å². The van der Waals surface area contributed by atoms with Gasteiger partial charge in [0.1, 0.15) is 12.2 Å². The zero-order chi connectivity index (χ0) is 13.0. The molecule has 0 bridgehead atoms. The van der Waals surface area contributed by atoms with Crippen LogP contribution in [0.1, 0.15) is 6.42 Å². The molecule has 17 heavy (non-hydrogen) atoms. The van der Waals surface area contributed by atoms with Gasteiger partial charge in [0.25, 0.3) is 5.69 Å². The molecule has 1 amide bonds. The van der Waals surface area contributed by atoms with E-state index in [0.717, 1.165) is 12.1 Å². The van der Waals surface area contributed by atoms with Gasteiger partial charge in [-0.1, -0.05) is 0 Å². The molecule has 0 radical (unpaired) electrons. The summed E-state index contributed by atoms with van der Waals surface area (Å²) in [6.07, 6.45) is -0.801. The Kier molecular flexibility index (Phi) is 3.70. The van der Waals surface area contributed by atoms with Gasteiger partial charge in [-0.3, -0.25) is 19.7 Å². The van der Waals surface area contributed by atoms with Crippen LogP contribution in [0.4, 0.5) is 15.8 Å². The maximum Gasteiger partial charge on any atom is 0.312 e. The first-order chi connectivity index (χ1) is 7.88. The Morgan fingerprint density at radius 3 is 2.59 bits per heavy atom. The number of carbonyl (C=O) groups excluding carboxylic acids is 1. The number of carbonyl (C=O) groups is 2. The molecule has 0 fully saturated rings. The van der Waals surface area contributed by atoms with E-state index in [0.29, 0.717) is 6.07 Å². The van der Waals surface area contributed by atoms with E-state index in [9.17, 15) is 24.1 Å². The highest BCUT2D eigenvalue weighted by molar-refractivity contribution is 6.01. The summed E-state index contributed by atoms with van der Waals surface area (Å²) >= 11 is 0. The summed E-state index contributed by atoms with van der Waals surface area (Å²) in [5.74, 6) is -3.14. The number of nitrogens with zero attached hydrogens (tertiary/aromatic N) is 1. The second-order valence-electron chi connectivity index (χ2n) is 3.07. The van der Waals surface area contributed by atoms with Crippen molar-refractivity contribution in [2.75, 3.05) is 5.32 Å². The van der Waals surface area contributed by atoms with Crippen LogP contribution in [-0.2, 0) is 9.59 Å². The van der Waals surface area contributed by atoms with Crippen molar-refractivity contribution in [3.63, 3.8) is 0 Å². The van der Waals surface area contributed by atoms with Crippen LogP contribution in [0.3, 0.4) is 0 Å². The molecule has 7 nitrogen and oxygen atoms in total. The quantitative estimate of drug-likeness (QED) is 0.467. The summed E-state index contributed by atoms with van der Waals surface area (Å²) in [6, 6.07) is 2.47. The van der Waals surface area contributed by atoms with Crippen molar-refractivity contribution in [3.05, 3.63) is 34.1 Å². The molecular formula is C9H7FN2O5. The molecule has 1 aromatic carbocycles. The largest absolute Gasteiger partial charge is 0.481 e. The minimum absolute atomic E-state index is 0.164. The Bertz CT molecular complexity index is 488. The third-order valence-corrected chi connectivity index (χ3v) is 1.69. The second kappa shape index (κ2) is 5.01. The zero-order valence-electron chi connectivity index (χ0n) is 8.34. The normalized spacial score (nSPS) is 9.71. The first-order valence-electron chi connectivity index (χ1n) is 4.35. The van der Waals surface area contributed by atoms with Crippen molar-refractivity contribution in [3.8, 4) is 0 Å². The summed E-state index contributed by atoms with van der Waals surface area (Å²) in [5.41, 5.74) is -0.696. The molecule has 90 valence electrons. The Balaban J connectivity index is 2.88. The molecule has 1 rings (SSSR count). The number of nitro groups is 1. The summed E-state index contributed by atoms with van der Waals surface area (Å²) in [6.45, 7) is 0. The summed E-state index contributed by atoms with van der Waals surface area (Å²) < 4.78 is 12.9. The first kappa shape index (κ1) is 12.6. The molecule has 0 saturated heterocycles. The highest BCUT2D eigenvalue weighted by Crippen LogP contribution is 2.20. The van der Waals surface area contributed by atoms with Gasteiger partial charge in [0.05, 0.1) is 16.7 Å². The lowest BCUT2D eigenvalue weighted by Crippen LogP contribution is -2.16. The lowest BCUT2D eigenvalue weighted by molar-refractivity contribution is -0.385. The number of non-ortho nitro benzene ring substituents is 1. The third kappa shape index (κ3) is 3.86. The minimum atomic E-state index is -1.35. The summed E-state index contributed by atoms with van der Waals surface area (Å²) in [5, 5.41) is 20.8. The fourth-order valence-electron chi connectivity index (χ4n) is 1.09. The number of halogens is 1. The first-order valence-corrected chi connectivity index (χ1v) is 4.35. The fourth-order valence-corrected chi connectivity index (χ4v) is 1.09. The van der Waals surface area contributed by atoms with Gasteiger partial charge >= 0.3 is 5.97 Å². The maximum absolute atomic E-state index is 12.9. The molecule has 0 aromatic heterocycles. The van der Waals surface area contributed by atoms with E-state index in [-0.39, 0.29) is 5.69 Å². The van der Waals surface area contributed by atoms with E-state index >= 15 is 0 Å². The van der Waals surface area contributed by atoms with E-state index in [2.05, 4.69) is 0 Å². The van der Waals surface area contributed by atoms with Crippen molar-refractivity contribution >= 4 is 23.3 Å². The lowest BCUT2D eigenvalue weighted by atomic mass is 10.2. The molecule has 0 unspecified atom stereocenters. The Morgan fingerprint density at radius 1 is 1.41 bits per heavy atom. The van der Waals surface area contributed by atoms with Crippen molar-refractivity contribution in [2.45, 2.75) is 6.42 Å². The molecule has 0 aliphatic carbocycles. The van der Waals surface area contributed by atoms with Gasteiger partial charge < -0.3 is 10.4 Å². The highest BCUT2D eigenvalue weighted by Gasteiger charge is 2.13. The van der Waals surface area contributed by atoms with Crippen LogP contribution in [0.25, 0.3) is 0 Å². The van der Waals surface area contributed by atoms with Gasteiger partial charge in [-0.15, -0.1) is 0 Å². The van der Waals surface area contributed by atoms with Crippen molar-refractivity contribution in [1.82, 2.24) is 0 Å². The summed E-state index contributed by atoms with van der Waals surface area (Å²) in [4.78, 5) is 30.8. The average molecular weight is 242 g/mol. The second-order valence-corrected chi connectivity index (χ2v) is 3.07. The fraction of sp³-hybridized carbons (Fsp3) is 0.111. The standard InChI is InChI=1S/C9H7FN2O5/c10-5-1-6(3-7(2-5)12(16)17)11-8(13)4-9(14)15/h1-3H,4H2,(H,11,13)(H,14,15). The molecule has 8 heteroatoms. The topological polar surface area (TPSA) is 110 Å². The number of benzene rings is 1. The predicted octanol–water partition coefficient (Wildman–Crippen LogP) is 1.15. The number of hydrogen-bond acceptors (Lipinski definition) is 4. The average Bonchev–Trinajstić information content (AvgIpc) is 2.14. The maximum atomic E-state index is 12.9. The Hall–Kier alpha value is -2.51. The number of carboxylic acid groups (broad SMARTS) is 1. The van der Waals surface area contributed by atoms with Crippen LogP contribution in [0.5, 0.6) is 0 Å². The smallest absolute Gasteiger partial charge is 0.312 e. The molecular weight excluding hydrogens is 235 g/mol. The molecule has 0 saturated carbocycles. The van der Waals surface area contributed by atoms with Crippen molar-refractivity contribution in [1.29, 1.82) is 0 Å². The number of nitro benzene ring substituents is 1.